The molecule has 0 amide bonds. The highest BCUT2D eigenvalue weighted by Gasteiger charge is 2.47. The molecule has 0 aliphatic heterocycles. The highest BCUT2D eigenvalue weighted by molar-refractivity contribution is 5.11. The highest BCUT2D eigenvalue weighted by atomic mass is 16.4. The zero-order valence-corrected chi connectivity index (χ0v) is 8.07. The largest absolute Gasteiger partial charge is 0.428 e. The van der Waals surface area contributed by atoms with Crippen molar-refractivity contribution in [1.82, 2.24) is 10.3 Å². The molecular weight excluding hydrogens is 178 g/mol. The van der Waals surface area contributed by atoms with Crippen molar-refractivity contribution >= 4 is 6.01 Å². The zero-order chi connectivity index (χ0) is 9.54. The second-order valence-electron chi connectivity index (χ2n) is 4.39. The standard InChI is InChI=1S/C10H15N3O/c11-10-13-5-7(14-10)4-12-9-2-1-6-3-8(6)9/h5-6,8-9,12H,1-4H2,(H2,11,13). The Bertz CT molecular complexity index is 336. The van der Waals surface area contributed by atoms with Gasteiger partial charge in [-0.05, 0) is 31.1 Å². The number of nitrogen functional groups attached to an aromatic ring is 1. The van der Waals surface area contributed by atoms with Gasteiger partial charge in [0.25, 0.3) is 6.01 Å². The number of aromatic nitrogens is 1. The maximum atomic E-state index is 5.39. The first-order valence-corrected chi connectivity index (χ1v) is 5.26. The van der Waals surface area contributed by atoms with E-state index in [4.69, 9.17) is 10.2 Å². The van der Waals surface area contributed by atoms with E-state index in [2.05, 4.69) is 10.3 Å². The van der Waals surface area contributed by atoms with Crippen LogP contribution in [0.5, 0.6) is 0 Å². The molecule has 3 unspecified atom stereocenters. The number of nitrogens with zero attached hydrogens (tertiary/aromatic N) is 1. The van der Waals surface area contributed by atoms with E-state index in [0.717, 1.165) is 24.1 Å². The average Bonchev–Trinajstić information content (AvgIpc) is 2.66. The molecule has 0 saturated heterocycles. The predicted octanol–water partition coefficient (Wildman–Crippen LogP) is 1.14. The summed E-state index contributed by atoms with van der Waals surface area (Å²) < 4.78 is 5.20. The first-order valence-electron chi connectivity index (χ1n) is 5.26. The first-order chi connectivity index (χ1) is 6.83. The van der Waals surface area contributed by atoms with Gasteiger partial charge in [-0.1, -0.05) is 0 Å². The number of hydrogen-bond donors (Lipinski definition) is 2. The molecule has 1 heterocycles. The van der Waals surface area contributed by atoms with Gasteiger partial charge in [-0.2, -0.15) is 0 Å². The molecule has 0 aromatic carbocycles. The summed E-state index contributed by atoms with van der Waals surface area (Å²) in [5.41, 5.74) is 5.39. The van der Waals surface area contributed by atoms with Crippen LogP contribution in [0.3, 0.4) is 0 Å². The zero-order valence-electron chi connectivity index (χ0n) is 8.07. The summed E-state index contributed by atoms with van der Waals surface area (Å²) >= 11 is 0. The Morgan fingerprint density at radius 2 is 2.50 bits per heavy atom. The molecule has 2 aliphatic carbocycles. The van der Waals surface area contributed by atoms with Crippen LogP contribution in [0.2, 0.25) is 0 Å². The maximum absolute atomic E-state index is 5.39. The molecule has 3 atom stereocenters. The van der Waals surface area contributed by atoms with Gasteiger partial charge in [-0.3, -0.25) is 0 Å². The fraction of sp³-hybridized carbons (Fsp3) is 0.700. The van der Waals surface area contributed by atoms with Crippen molar-refractivity contribution in [3.63, 3.8) is 0 Å². The monoisotopic (exact) mass is 193 g/mol. The van der Waals surface area contributed by atoms with E-state index >= 15 is 0 Å². The smallest absolute Gasteiger partial charge is 0.292 e. The summed E-state index contributed by atoms with van der Waals surface area (Å²) in [7, 11) is 0. The van der Waals surface area contributed by atoms with Crippen molar-refractivity contribution in [2.45, 2.75) is 31.8 Å². The fourth-order valence-electron chi connectivity index (χ4n) is 2.59. The van der Waals surface area contributed by atoms with Crippen molar-refractivity contribution in [3.05, 3.63) is 12.0 Å². The van der Waals surface area contributed by atoms with Crippen LogP contribution in [0, 0.1) is 11.8 Å². The third-order valence-corrected chi connectivity index (χ3v) is 3.45. The van der Waals surface area contributed by atoms with E-state index in [-0.39, 0.29) is 6.01 Å². The van der Waals surface area contributed by atoms with Crippen LogP contribution in [0.25, 0.3) is 0 Å². The molecule has 1 aromatic heterocycles. The van der Waals surface area contributed by atoms with Gasteiger partial charge in [-0.15, -0.1) is 0 Å². The Hall–Kier alpha value is -1.03. The van der Waals surface area contributed by atoms with Crippen molar-refractivity contribution in [3.8, 4) is 0 Å². The van der Waals surface area contributed by atoms with Crippen LogP contribution in [-0.2, 0) is 6.54 Å². The molecule has 1 aromatic rings. The normalized spacial score (nSPS) is 34.4. The van der Waals surface area contributed by atoms with Gasteiger partial charge in [0.1, 0.15) is 5.76 Å². The summed E-state index contributed by atoms with van der Waals surface area (Å²) in [5, 5.41) is 3.51. The van der Waals surface area contributed by atoms with Gasteiger partial charge in [0.05, 0.1) is 12.7 Å². The van der Waals surface area contributed by atoms with Crippen molar-refractivity contribution in [1.29, 1.82) is 0 Å². The summed E-state index contributed by atoms with van der Waals surface area (Å²) in [4.78, 5) is 3.86. The number of rotatable bonds is 3. The van der Waals surface area contributed by atoms with E-state index < -0.39 is 0 Å². The van der Waals surface area contributed by atoms with Crippen LogP contribution in [0.4, 0.5) is 6.01 Å². The van der Waals surface area contributed by atoms with E-state index in [0.29, 0.717) is 6.04 Å². The number of nitrogens with two attached hydrogens (primary N) is 1. The van der Waals surface area contributed by atoms with E-state index in [1.165, 1.54) is 19.3 Å². The molecular formula is C10H15N3O. The van der Waals surface area contributed by atoms with Crippen LogP contribution in [0.1, 0.15) is 25.0 Å². The Balaban J connectivity index is 1.54. The molecule has 3 rings (SSSR count). The molecule has 4 nitrogen and oxygen atoms in total. The Morgan fingerprint density at radius 1 is 1.57 bits per heavy atom. The van der Waals surface area contributed by atoms with Gasteiger partial charge >= 0.3 is 0 Å². The Morgan fingerprint density at radius 3 is 3.07 bits per heavy atom. The molecule has 3 N–H and O–H groups in total. The molecule has 4 heteroatoms. The van der Waals surface area contributed by atoms with Gasteiger partial charge in [0, 0.05) is 6.04 Å². The van der Waals surface area contributed by atoms with Crippen LogP contribution >= 0.6 is 0 Å². The van der Waals surface area contributed by atoms with Crippen molar-refractivity contribution in [2.75, 3.05) is 5.73 Å². The fourth-order valence-corrected chi connectivity index (χ4v) is 2.59. The number of fused-ring (bicyclic) bond motifs is 1. The van der Waals surface area contributed by atoms with Crippen LogP contribution in [-0.4, -0.2) is 11.0 Å². The number of anilines is 1. The van der Waals surface area contributed by atoms with Gasteiger partial charge in [0.15, 0.2) is 0 Å². The lowest BCUT2D eigenvalue weighted by atomic mass is 10.2. The molecule has 76 valence electrons. The molecule has 0 radical (unpaired) electrons. The molecule has 0 spiro atoms. The van der Waals surface area contributed by atoms with Crippen molar-refractivity contribution in [2.24, 2.45) is 11.8 Å². The summed E-state index contributed by atoms with van der Waals surface area (Å²) in [6, 6.07) is 0.962. The minimum Gasteiger partial charge on any atom is -0.428 e. The molecule has 2 saturated carbocycles. The minimum absolute atomic E-state index is 0.262. The molecule has 0 bridgehead atoms. The minimum atomic E-state index is 0.262. The summed E-state index contributed by atoms with van der Waals surface area (Å²) in [6.07, 6.45) is 5.84. The van der Waals surface area contributed by atoms with Crippen LogP contribution < -0.4 is 11.1 Å². The summed E-state index contributed by atoms with van der Waals surface area (Å²) in [5.74, 6) is 2.80. The second-order valence-corrected chi connectivity index (χ2v) is 4.39. The average molecular weight is 193 g/mol. The topological polar surface area (TPSA) is 64.1 Å². The van der Waals surface area contributed by atoms with E-state index in [1.54, 1.807) is 6.20 Å². The lowest BCUT2D eigenvalue weighted by Crippen LogP contribution is -2.28. The second kappa shape index (κ2) is 2.98. The van der Waals surface area contributed by atoms with Crippen molar-refractivity contribution < 1.29 is 4.42 Å². The predicted molar refractivity (Wildman–Crippen MR) is 52.4 cm³/mol. The third-order valence-electron chi connectivity index (χ3n) is 3.45. The van der Waals surface area contributed by atoms with E-state index in [9.17, 15) is 0 Å². The molecule has 14 heavy (non-hydrogen) atoms. The SMILES string of the molecule is Nc1ncc(CNC2CCC3CC32)o1. The lowest BCUT2D eigenvalue weighted by Gasteiger charge is -2.12. The summed E-state index contributed by atoms with van der Waals surface area (Å²) in [6.45, 7) is 0.762. The maximum Gasteiger partial charge on any atom is 0.292 e. The van der Waals surface area contributed by atoms with E-state index in [1.807, 2.05) is 0 Å². The Kier molecular flexibility index (Phi) is 1.77. The lowest BCUT2D eigenvalue weighted by molar-refractivity contribution is 0.429. The number of nitrogens with one attached hydrogen (secondary N) is 1. The Labute approximate surface area is 82.9 Å². The highest BCUT2D eigenvalue weighted by Crippen LogP contribution is 2.51. The van der Waals surface area contributed by atoms with Crippen LogP contribution in [0.15, 0.2) is 10.6 Å². The molecule has 2 aliphatic rings. The number of oxazole rings is 1. The third kappa shape index (κ3) is 1.39. The van der Waals surface area contributed by atoms with Gasteiger partial charge in [0.2, 0.25) is 0 Å². The molecule has 2 fully saturated rings. The quantitative estimate of drug-likeness (QED) is 0.755. The number of hydrogen-bond acceptors (Lipinski definition) is 4. The van der Waals surface area contributed by atoms with Gasteiger partial charge < -0.3 is 15.5 Å². The van der Waals surface area contributed by atoms with Gasteiger partial charge in [-0.25, -0.2) is 4.98 Å². The first kappa shape index (κ1) is 8.29.